The molecule has 1 aromatic carbocycles. The van der Waals surface area contributed by atoms with Crippen molar-refractivity contribution in [1.29, 1.82) is 0 Å². The van der Waals surface area contributed by atoms with Gasteiger partial charge in [0.1, 0.15) is 11.5 Å². The third-order valence-corrected chi connectivity index (χ3v) is 7.72. The minimum Gasteiger partial charge on any atom is -0.357 e. The van der Waals surface area contributed by atoms with Gasteiger partial charge in [-0.25, -0.2) is 4.39 Å². The Balaban J connectivity index is 1.47. The highest BCUT2D eigenvalue weighted by atomic mass is 19.1. The summed E-state index contributed by atoms with van der Waals surface area (Å²) in [5.41, 5.74) is 9.14. The fourth-order valence-corrected chi connectivity index (χ4v) is 5.67. The Kier molecular flexibility index (Phi) is 8.90. The minimum atomic E-state index is -0.217. The van der Waals surface area contributed by atoms with E-state index in [1.807, 2.05) is 50.4 Å². The van der Waals surface area contributed by atoms with Gasteiger partial charge in [0.25, 0.3) is 0 Å². The summed E-state index contributed by atoms with van der Waals surface area (Å²) in [4.78, 5) is 10.6. The fraction of sp³-hybridized carbons (Fsp3) is 0.257. The summed E-state index contributed by atoms with van der Waals surface area (Å²) in [5, 5.41) is 8.71. The number of nitrogens with one attached hydrogen (secondary N) is 2. The number of fused-ring (bicyclic) bond motifs is 1. The maximum Gasteiger partial charge on any atom is 0.124 e. The third-order valence-electron chi connectivity index (χ3n) is 7.72. The molecule has 1 saturated heterocycles. The third kappa shape index (κ3) is 6.39. The molecular formula is C35H38FN5. The van der Waals surface area contributed by atoms with E-state index in [4.69, 9.17) is 0 Å². The van der Waals surface area contributed by atoms with E-state index >= 15 is 0 Å². The minimum absolute atomic E-state index is 0.217. The predicted molar refractivity (Wildman–Crippen MR) is 169 cm³/mol. The highest BCUT2D eigenvalue weighted by Gasteiger charge is 2.18. The Morgan fingerprint density at radius 1 is 1.10 bits per heavy atom. The summed E-state index contributed by atoms with van der Waals surface area (Å²) in [6.45, 7) is 15.2. The molecule has 1 aliphatic rings. The number of allylic oxidation sites excluding steroid dienone is 7. The van der Waals surface area contributed by atoms with Gasteiger partial charge >= 0.3 is 0 Å². The van der Waals surface area contributed by atoms with Crippen LogP contribution in [0.3, 0.4) is 0 Å². The van der Waals surface area contributed by atoms with E-state index in [0.29, 0.717) is 0 Å². The van der Waals surface area contributed by atoms with Crippen molar-refractivity contribution in [1.82, 2.24) is 25.1 Å². The first-order valence-corrected chi connectivity index (χ1v) is 14.4. The smallest absolute Gasteiger partial charge is 0.124 e. The number of hydrogen-bond donors (Lipinski definition) is 2. The van der Waals surface area contributed by atoms with Crippen LogP contribution in [0.4, 0.5) is 4.39 Å². The zero-order chi connectivity index (χ0) is 28.8. The van der Waals surface area contributed by atoms with Crippen molar-refractivity contribution in [2.75, 3.05) is 19.6 Å². The van der Waals surface area contributed by atoms with Crippen LogP contribution in [0.25, 0.3) is 33.4 Å². The van der Waals surface area contributed by atoms with Crippen molar-refractivity contribution < 1.29 is 4.39 Å². The van der Waals surface area contributed by atoms with Crippen molar-refractivity contribution in [3.8, 4) is 11.4 Å². The van der Waals surface area contributed by atoms with E-state index in [1.165, 1.54) is 25.9 Å². The predicted octanol–water partition coefficient (Wildman–Crippen LogP) is 8.19. The standard InChI is InChI=1S/C35H38FN5/c1-5-8-14-26(7-3)32-22-31-34(23-37-32)39-40-35(31)33-21-30(24(4)38-33)29(12-6-2)27-18-25(19-28(36)20-27)13-11-17-41-15-9-10-16-41/h5-8,12,14,18-23,38H,1-2,9-11,13,15-17H2,3-4H3,(H,39,40)/b14-8-,26-7+,29-12-. The van der Waals surface area contributed by atoms with Crippen LogP contribution in [-0.2, 0) is 6.42 Å². The van der Waals surface area contributed by atoms with Crippen LogP contribution in [0.5, 0.6) is 0 Å². The molecule has 5 rings (SSSR count). The maximum atomic E-state index is 14.9. The summed E-state index contributed by atoms with van der Waals surface area (Å²) >= 11 is 0. The number of likely N-dealkylation sites (tertiary alicyclic amines) is 1. The van der Waals surface area contributed by atoms with E-state index in [9.17, 15) is 4.39 Å². The number of pyridine rings is 1. The van der Waals surface area contributed by atoms with Crippen molar-refractivity contribution in [3.05, 3.63) is 120 Å². The lowest BCUT2D eigenvalue weighted by molar-refractivity contribution is 0.334. The Morgan fingerprint density at radius 2 is 1.93 bits per heavy atom. The molecule has 210 valence electrons. The summed E-state index contributed by atoms with van der Waals surface area (Å²) in [5.74, 6) is -0.217. The van der Waals surface area contributed by atoms with Crippen LogP contribution in [0.1, 0.15) is 54.3 Å². The topological polar surface area (TPSA) is 60.6 Å². The summed E-state index contributed by atoms with van der Waals surface area (Å²) in [7, 11) is 0. The molecule has 0 saturated carbocycles. The van der Waals surface area contributed by atoms with Gasteiger partial charge in [0.2, 0.25) is 0 Å². The number of halogens is 1. The monoisotopic (exact) mass is 547 g/mol. The van der Waals surface area contributed by atoms with Gasteiger partial charge in [0.05, 0.1) is 23.1 Å². The zero-order valence-electron chi connectivity index (χ0n) is 24.0. The van der Waals surface area contributed by atoms with Gasteiger partial charge < -0.3 is 9.88 Å². The van der Waals surface area contributed by atoms with Crippen LogP contribution in [0.2, 0.25) is 0 Å². The number of hydrogen-bond acceptors (Lipinski definition) is 3. The molecule has 1 fully saturated rings. The van der Waals surface area contributed by atoms with Gasteiger partial charge in [-0.1, -0.05) is 55.7 Å². The van der Waals surface area contributed by atoms with E-state index in [0.717, 1.165) is 80.9 Å². The molecule has 4 heterocycles. The molecule has 0 bridgehead atoms. The second kappa shape index (κ2) is 12.9. The highest BCUT2D eigenvalue weighted by molar-refractivity contribution is 5.95. The molecule has 0 unspecified atom stereocenters. The molecule has 2 N–H and O–H groups in total. The SMILES string of the molecule is C=C/C=C\C(=C/C)c1cc2c(-c3cc(/C(=C\C=C)c4cc(F)cc(CCCN5CCCC5)c4)c(C)[nH]3)n[nH]c2cn1. The number of rotatable bonds is 11. The first kappa shape index (κ1) is 28.2. The molecule has 0 radical (unpaired) electrons. The lowest BCUT2D eigenvalue weighted by Crippen LogP contribution is -2.20. The number of nitrogens with zero attached hydrogens (tertiary/aromatic N) is 3. The molecule has 6 heteroatoms. The van der Waals surface area contributed by atoms with Crippen LogP contribution < -0.4 is 0 Å². The maximum absolute atomic E-state index is 14.9. The zero-order valence-corrected chi connectivity index (χ0v) is 24.0. The highest BCUT2D eigenvalue weighted by Crippen LogP contribution is 2.34. The van der Waals surface area contributed by atoms with Crippen LogP contribution in [-0.4, -0.2) is 44.7 Å². The van der Waals surface area contributed by atoms with Crippen molar-refractivity contribution in [2.24, 2.45) is 0 Å². The summed E-state index contributed by atoms with van der Waals surface area (Å²) in [6.07, 6.45) is 17.6. The van der Waals surface area contributed by atoms with Gasteiger partial charge in [-0.05, 0) is 106 Å². The summed E-state index contributed by atoms with van der Waals surface area (Å²) < 4.78 is 14.9. The number of aromatic amines is 2. The van der Waals surface area contributed by atoms with Crippen molar-refractivity contribution >= 4 is 22.0 Å². The van der Waals surface area contributed by atoms with Gasteiger partial charge in [0, 0.05) is 16.6 Å². The second-order valence-electron chi connectivity index (χ2n) is 10.6. The molecule has 0 amide bonds. The van der Waals surface area contributed by atoms with E-state index < -0.39 is 0 Å². The molecule has 4 aromatic rings. The molecule has 5 nitrogen and oxygen atoms in total. The normalized spacial score (nSPS) is 14.9. The average Bonchev–Trinajstić information content (AvgIpc) is 3.72. The molecule has 0 atom stereocenters. The number of H-pyrrole nitrogens is 2. The Bertz CT molecular complexity index is 1640. The van der Waals surface area contributed by atoms with Crippen molar-refractivity contribution in [3.63, 3.8) is 0 Å². The first-order chi connectivity index (χ1) is 20.0. The Labute approximate surface area is 241 Å². The molecule has 3 aromatic heterocycles. The Morgan fingerprint density at radius 3 is 2.68 bits per heavy atom. The molecule has 41 heavy (non-hydrogen) atoms. The summed E-state index contributed by atoms with van der Waals surface area (Å²) in [6, 6.07) is 9.54. The molecular weight excluding hydrogens is 509 g/mol. The van der Waals surface area contributed by atoms with Crippen LogP contribution in [0.15, 0.2) is 86.1 Å². The average molecular weight is 548 g/mol. The molecule has 0 aliphatic carbocycles. The van der Waals surface area contributed by atoms with Gasteiger partial charge in [-0.3, -0.25) is 10.1 Å². The quantitative estimate of drug-likeness (QED) is 0.186. The number of aromatic nitrogens is 4. The molecule has 0 spiro atoms. The molecule has 1 aliphatic heterocycles. The first-order valence-electron chi connectivity index (χ1n) is 14.4. The Hall–Kier alpha value is -4.29. The lowest BCUT2D eigenvalue weighted by Gasteiger charge is -2.15. The van der Waals surface area contributed by atoms with Crippen molar-refractivity contribution in [2.45, 2.75) is 39.5 Å². The fourth-order valence-electron chi connectivity index (χ4n) is 5.67. The van der Waals surface area contributed by atoms with Crippen LogP contribution in [0, 0.1) is 12.7 Å². The van der Waals surface area contributed by atoms with Gasteiger partial charge in [-0.15, -0.1) is 0 Å². The van der Waals surface area contributed by atoms with Gasteiger partial charge in [-0.2, -0.15) is 5.10 Å². The number of benzene rings is 1. The second-order valence-corrected chi connectivity index (χ2v) is 10.6. The van der Waals surface area contributed by atoms with E-state index in [1.54, 1.807) is 24.3 Å². The van der Waals surface area contributed by atoms with Gasteiger partial charge in [0.15, 0.2) is 0 Å². The van der Waals surface area contributed by atoms with E-state index in [2.05, 4.69) is 50.4 Å². The van der Waals surface area contributed by atoms with Crippen LogP contribution >= 0.6 is 0 Å². The lowest BCUT2D eigenvalue weighted by atomic mass is 9.94. The number of aryl methyl sites for hydroxylation is 2. The van der Waals surface area contributed by atoms with E-state index in [-0.39, 0.29) is 5.82 Å². The largest absolute Gasteiger partial charge is 0.357 e.